The molecule has 0 aromatic rings. The van der Waals surface area contributed by atoms with Crippen LogP contribution in [0.2, 0.25) is 0 Å². The van der Waals surface area contributed by atoms with E-state index in [-0.39, 0.29) is 12.1 Å². The summed E-state index contributed by atoms with van der Waals surface area (Å²) in [6.45, 7) is 5.35. The van der Waals surface area contributed by atoms with Gasteiger partial charge in [0.1, 0.15) is 11.6 Å². The lowest BCUT2D eigenvalue weighted by Crippen LogP contribution is -2.45. The molecular formula is C12H23NO2. The van der Waals surface area contributed by atoms with Crippen LogP contribution >= 0.6 is 0 Å². The van der Waals surface area contributed by atoms with Crippen LogP contribution in [0.5, 0.6) is 0 Å². The molecule has 0 amide bonds. The Labute approximate surface area is 92.4 Å². The molecule has 3 nitrogen and oxygen atoms in total. The Bertz CT molecular complexity index is 214. The second-order valence-corrected chi connectivity index (χ2v) is 5.23. The second-order valence-electron chi connectivity index (χ2n) is 5.23. The predicted molar refractivity (Wildman–Crippen MR) is 60.4 cm³/mol. The fourth-order valence-corrected chi connectivity index (χ4v) is 2.02. The van der Waals surface area contributed by atoms with Crippen molar-refractivity contribution in [2.24, 2.45) is 11.7 Å². The Morgan fingerprint density at radius 2 is 1.87 bits per heavy atom. The quantitative estimate of drug-likeness (QED) is 0.731. The van der Waals surface area contributed by atoms with Crippen LogP contribution in [0.25, 0.3) is 0 Å². The molecule has 0 saturated heterocycles. The zero-order valence-electron chi connectivity index (χ0n) is 10.1. The lowest BCUT2D eigenvalue weighted by atomic mass is 9.86. The molecule has 0 aromatic heterocycles. The van der Waals surface area contributed by atoms with E-state index in [0.717, 1.165) is 0 Å². The monoisotopic (exact) mass is 213 g/mol. The summed E-state index contributed by atoms with van der Waals surface area (Å²) in [7, 11) is 0. The molecule has 3 heteroatoms. The number of esters is 1. The Hall–Kier alpha value is -0.570. The van der Waals surface area contributed by atoms with Crippen LogP contribution in [-0.4, -0.2) is 17.6 Å². The van der Waals surface area contributed by atoms with Crippen molar-refractivity contribution in [1.82, 2.24) is 0 Å². The van der Waals surface area contributed by atoms with Gasteiger partial charge in [0.05, 0.1) is 0 Å². The van der Waals surface area contributed by atoms with Gasteiger partial charge in [0.2, 0.25) is 0 Å². The Morgan fingerprint density at radius 1 is 1.33 bits per heavy atom. The summed E-state index contributed by atoms with van der Waals surface area (Å²) in [5.74, 6) is 0.241. The van der Waals surface area contributed by atoms with E-state index in [2.05, 4.69) is 0 Å². The Balaban J connectivity index is 2.40. The summed E-state index contributed by atoms with van der Waals surface area (Å²) in [5.41, 5.74) is 4.81. The van der Waals surface area contributed by atoms with Crippen LogP contribution in [0.4, 0.5) is 0 Å². The number of hydrogen-bond donors (Lipinski definition) is 1. The molecular weight excluding hydrogens is 190 g/mol. The minimum Gasteiger partial charge on any atom is -0.461 e. The van der Waals surface area contributed by atoms with Gasteiger partial charge in [0.25, 0.3) is 0 Å². The average Bonchev–Trinajstić information content (AvgIpc) is 2.17. The standard InChI is InChI=1S/C12H23NO2/c1-9(10-7-5-4-6-8-10)15-11(14)12(2,3)13/h9-10H,4-8,13H2,1-3H3/t9-/m0/s1. The SMILES string of the molecule is C[C@H](OC(=O)C(C)(C)N)C1CCCCC1. The number of carbonyl (C=O) groups excluding carboxylic acids is 1. The van der Waals surface area contributed by atoms with Gasteiger partial charge in [-0.05, 0) is 39.5 Å². The van der Waals surface area contributed by atoms with Gasteiger partial charge in [-0.2, -0.15) is 0 Å². The highest BCUT2D eigenvalue weighted by Crippen LogP contribution is 2.28. The molecule has 2 N–H and O–H groups in total. The third kappa shape index (κ3) is 3.82. The minimum absolute atomic E-state index is 0.0145. The number of nitrogens with two attached hydrogens (primary N) is 1. The zero-order valence-corrected chi connectivity index (χ0v) is 10.1. The first-order valence-electron chi connectivity index (χ1n) is 5.91. The van der Waals surface area contributed by atoms with E-state index >= 15 is 0 Å². The van der Waals surface area contributed by atoms with Crippen molar-refractivity contribution in [1.29, 1.82) is 0 Å². The molecule has 1 atom stereocenters. The summed E-state index contributed by atoms with van der Waals surface area (Å²) >= 11 is 0. The normalized spacial score (nSPS) is 21.1. The first-order chi connectivity index (χ1) is 6.91. The molecule has 0 spiro atoms. The highest BCUT2D eigenvalue weighted by atomic mass is 16.5. The number of ether oxygens (including phenoxy) is 1. The fourth-order valence-electron chi connectivity index (χ4n) is 2.02. The van der Waals surface area contributed by atoms with Crippen LogP contribution in [0.15, 0.2) is 0 Å². The van der Waals surface area contributed by atoms with E-state index in [1.54, 1.807) is 13.8 Å². The van der Waals surface area contributed by atoms with Crippen molar-refractivity contribution in [3.05, 3.63) is 0 Å². The lowest BCUT2D eigenvalue weighted by Gasteiger charge is -2.29. The molecule has 15 heavy (non-hydrogen) atoms. The van der Waals surface area contributed by atoms with Crippen molar-refractivity contribution in [3.8, 4) is 0 Å². The molecule has 88 valence electrons. The third-order valence-corrected chi connectivity index (χ3v) is 3.13. The molecule has 0 radical (unpaired) electrons. The topological polar surface area (TPSA) is 52.3 Å². The molecule has 1 aliphatic rings. The average molecular weight is 213 g/mol. The largest absolute Gasteiger partial charge is 0.461 e. The Kier molecular flexibility index (Phi) is 4.14. The van der Waals surface area contributed by atoms with E-state index < -0.39 is 5.54 Å². The molecule has 1 fully saturated rings. The van der Waals surface area contributed by atoms with Crippen molar-refractivity contribution in [2.75, 3.05) is 0 Å². The van der Waals surface area contributed by atoms with Crippen molar-refractivity contribution < 1.29 is 9.53 Å². The maximum atomic E-state index is 11.6. The maximum Gasteiger partial charge on any atom is 0.325 e. The summed E-state index contributed by atoms with van der Waals surface area (Å²) in [6, 6.07) is 0. The van der Waals surface area contributed by atoms with Gasteiger partial charge >= 0.3 is 5.97 Å². The third-order valence-electron chi connectivity index (χ3n) is 3.13. The molecule has 0 aliphatic heterocycles. The molecule has 0 heterocycles. The number of hydrogen-bond acceptors (Lipinski definition) is 3. The summed E-state index contributed by atoms with van der Waals surface area (Å²) in [6.07, 6.45) is 6.22. The molecule has 0 bridgehead atoms. The summed E-state index contributed by atoms with van der Waals surface area (Å²) < 4.78 is 5.39. The van der Waals surface area contributed by atoms with Crippen molar-refractivity contribution >= 4 is 5.97 Å². The Morgan fingerprint density at radius 3 is 2.33 bits per heavy atom. The highest BCUT2D eigenvalue weighted by molar-refractivity contribution is 5.79. The smallest absolute Gasteiger partial charge is 0.325 e. The molecule has 1 saturated carbocycles. The number of carbonyl (C=O) groups is 1. The van der Waals surface area contributed by atoms with E-state index in [0.29, 0.717) is 5.92 Å². The van der Waals surface area contributed by atoms with E-state index in [4.69, 9.17) is 10.5 Å². The fraction of sp³-hybridized carbons (Fsp3) is 0.917. The van der Waals surface area contributed by atoms with Gasteiger partial charge in [-0.15, -0.1) is 0 Å². The molecule has 1 aliphatic carbocycles. The van der Waals surface area contributed by atoms with Crippen LogP contribution in [0.1, 0.15) is 52.9 Å². The second kappa shape index (κ2) is 4.97. The lowest BCUT2D eigenvalue weighted by molar-refractivity contribution is -0.156. The van der Waals surface area contributed by atoms with Crippen LogP contribution < -0.4 is 5.73 Å². The first kappa shape index (κ1) is 12.5. The van der Waals surface area contributed by atoms with Gasteiger partial charge in [0.15, 0.2) is 0 Å². The van der Waals surface area contributed by atoms with Crippen molar-refractivity contribution in [3.63, 3.8) is 0 Å². The minimum atomic E-state index is -0.872. The first-order valence-corrected chi connectivity index (χ1v) is 5.91. The van der Waals surface area contributed by atoms with Crippen LogP contribution in [0.3, 0.4) is 0 Å². The van der Waals surface area contributed by atoms with E-state index in [1.807, 2.05) is 6.92 Å². The van der Waals surface area contributed by atoms with Gasteiger partial charge in [-0.3, -0.25) is 4.79 Å². The molecule has 0 aromatic carbocycles. The summed E-state index contributed by atoms with van der Waals surface area (Å²) in [4.78, 5) is 11.6. The van der Waals surface area contributed by atoms with Crippen molar-refractivity contribution in [2.45, 2.75) is 64.5 Å². The van der Waals surface area contributed by atoms with Crippen LogP contribution in [0, 0.1) is 5.92 Å². The molecule has 1 rings (SSSR count). The maximum absolute atomic E-state index is 11.6. The zero-order chi connectivity index (χ0) is 11.5. The number of rotatable bonds is 3. The van der Waals surface area contributed by atoms with Gasteiger partial charge < -0.3 is 10.5 Å². The predicted octanol–water partition coefficient (Wildman–Crippen LogP) is 2.24. The van der Waals surface area contributed by atoms with Gasteiger partial charge in [-0.1, -0.05) is 19.3 Å². The van der Waals surface area contributed by atoms with Gasteiger partial charge in [0, 0.05) is 0 Å². The van der Waals surface area contributed by atoms with Gasteiger partial charge in [-0.25, -0.2) is 0 Å². The molecule has 0 unspecified atom stereocenters. The highest BCUT2D eigenvalue weighted by Gasteiger charge is 2.29. The summed E-state index contributed by atoms with van der Waals surface area (Å²) in [5, 5.41) is 0. The van der Waals surface area contributed by atoms with Crippen LogP contribution in [-0.2, 0) is 9.53 Å². The van der Waals surface area contributed by atoms with E-state index in [9.17, 15) is 4.79 Å². The van der Waals surface area contributed by atoms with E-state index in [1.165, 1.54) is 32.1 Å².